The molecule has 94 valence electrons. The van der Waals surface area contributed by atoms with Gasteiger partial charge in [-0.2, -0.15) is 11.8 Å². The summed E-state index contributed by atoms with van der Waals surface area (Å²) < 4.78 is 10.6. The molecule has 1 aromatic rings. The van der Waals surface area contributed by atoms with Gasteiger partial charge in [0.1, 0.15) is 11.5 Å². The van der Waals surface area contributed by atoms with Crippen LogP contribution in [0.25, 0.3) is 0 Å². The maximum Gasteiger partial charge on any atom is 0.127 e. The number of hydrogen-bond acceptors (Lipinski definition) is 4. The number of methoxy groups -OCH3 is 2. The Hall–Kier alpha value is -0.870. The van der Waals surface area contributed by atoms with E-state index in [2.05, 4.69) is 0 Å². The SMILES string of the molecule is COc1ccc(C(N)C2CCSC2)c(OC)c1. The minimum Gasteiger partial charge on any atom is -0.497 e. The number of rotatable bonds is 4. The average Bonchev–Trinajstić information content (AvgIpc) is 2.91. The lowest BCUT2D eigenvalue weighted by atomic mass is 9.92. The predicted molar refractivity (Wildman–Crippen MR) is 71.9 cm³/mol. The first-order valence-corrected chi connectivity index (χ1v) is 6.97. The smallest absolute Gasteiger partial charge is 0.127 e. The van der Waals surface area contributed by atoms with Gasteiger partial charge >= 0.3 is 0 Å². The Balaban J connectivity index is 2.23. The third-order valence-corrected chi connectivity index (χ3v) is 4.46. The zero-order valence-electron chi connectivity index (χ0n) is 10.3. The van der Waals surface area contributed by atoms with E-state index in [1.807, 2.05) is 30.0 Å². The van der Waals surface area contributed by atoms with Gasteiger partial charge < -0.3 is 15.2 Å². The maximum atomic E-state index is 6.33. The lowest BCUT2D eigenvalue weighted by Gasteiger charge is -2.21. The fourth-order valence-corrected chi connectivity index (χ4v) is 3.50. The monoisotopic (exact) mass is 253 g/mol. The number of thioether (sulfide) groups is 1. The summed E-state index contributed by atoms with van der Waals surface area (Å²) in [5, 5.41) is 0. The Morgan fingerprint density at radius 2 is 2.18 bits per heavy atom. The first-order valence-electron chi connectivity index (χ1n) is 5.81. The van der Waals surface area contributed by atoms with E-state index >= 15 is 0 Å². The molecular weight excluding hydrogens is 234 g/mol. The molecule has 1 aliphatic heterocycles. The molecule has 4 heteroatoms. The van der Waals surface area contributed by atoms with Crippen LogP contribution in [0.5, 0.6) is 11.5 Å². The van der Waals surface area contributed by atoms with Gasteiger partial charge in [-0.1, -0.05) is 6.07 Å². The summed E-state index contributed by atoms with van der Waals surface area (Å²) >= 11 is 1.98. The summed E-state index contributed by atoms with van der Waals surface area (Å²) in [5.41, 5.74) is 7.42. The molecule has 1 saturated heterocycles. The molecule has 1 aliphatic rings. The van der Waals surface area contributed by atoms with Crippen LogP contribution in [-0.4, -0.2) is 25.7 Å². The molecule has 0 amide bonds. The third kappa shape index (κ3) is 2.69. The number of ether oxygens (including phenoxy) is 2. The Labute approximate surface area is 107 Å². The van der Waals surface area contributed by atoms with E-state index < -0.39 is 0 Å². The number of nitrogens with two attached hydrogens (primary N) is 1. The largest absolute Gasteiger partial charge is 0.497 e. The van der Waals surface area contributed by atoms with Crippen LogP contribution >= 0.6 is 11.8 Å². The van der Waals surface area contributed by atoms with E-state index in [1.165, 1.54) is 12.2 Å². The second-order valence-corrected chi connectivity index (χ2v) is 5.41. The summed E-state index contributed by atoms with van der Waals surface area (Å²) in [6.07, 6.45) is 1.20. The minimum atomic E-state index is 0.0610. The van der Waals surface area contributed by atoms with Crippen LogP contribution in [0, 0.1) is 5.92 Å². The van der Waals surface area contributed by atoms with E-state index in [9.17, 15) is 0 Å². The first kappa shape index (κ1) is 12.6. The maximum absolute atomic E-state index is 6.33. The average molecular weight is 253 g/mol. The number of hydrogen-bond donors (Lipinski definition) is 1. The van der Waals surface area contributed by atoms with Crippen LogP contribution < -0.4 is 15.2 Å². The van der Waals surface area contributed by atoms with Crippen molar-refractivity contribution in [2.24, 2.45) is 11.7 Å². The fourth-order valence-electron chi connectivity index (χ4n) is 2.18. The van der Waals surface area contributed by atoms with Crippen LogP contribution in [0.1, 0.15) is 18.0 Å². The van der Waals surface area contributed by atoms with Gasteiger partial charge in [-0.3, -0.25) is 0 Å². The van der Waals surface area contributed by atoms with Gasteiger partial charge in [-0.05, 0) is 29.9 Å². The van der Waals surface area contributed by atoms with Crippen LogP contribution in [0.3, 0.4) is 0 Å². The highest BCUT2D eigenvalue weighted by atomic mass is 32.2. The van der Waals surface area contributed by atoms with Crippen molar-refractivity contribution in [2.75, 3.05) is 25.7 Å². The summed E-state index contributed by atoms with van der Waals surface area (Å²) in [5.74, 6) is 4.56. The van der Waals surface area contributed by atoms with Crippen molar-refractivity contribution in [1.29, 1.82) is 0 Å². The second kappa shape index (κ2) is 5.65. The fraction of sp³-hybridized carbons (Fsp3) is 0.538. The Morgan fingerprint density at radius 1 is 1.35 bits per heavy atom. The Morgan fingerprint density at radius 3 is 2.76 bits per heavy atom. The topological polar surface area (TPSA) is 44.5 Å². The first-order chi connectivity index (χ1) is 8.26. The molecule has 1 aromatic carbocycles. The van der Waals surface area contributed by atoms with Gasteiger partial charge in [-0.25, -0.2) is 0 Å². The molecule has 17 heavy (non-hydrogen) atoms. The van der Waals surface area contributed by atoms with Crippen LogP contribution in [0.2, 0.25) is 0 Å². The van der Waals surface area contributed by atoms with Crippen molar-refractivity contribution in [3.05, 3.63) is 23.8 Å². The lowest BCUT2D eigenvalue weighted by Crippen LogP contribution is -2.21. The molecule has 0 bridgehead atoms. The second-order valence-electron chi connectivity index (χ2n) is 4.26. The molecule has 3 nitrogen and oxygen atoms in total. The highest BCUT2D eigenvalue weighted by Crippen LogP contribution is 2.37. The normalized spacial score (nSPS) is 21.2. The van der Waals surface area contributed by atoms with Crippen molar-refractivity contribution in [2.45, 2.75) is 12.5 Å². The summed E-state index contributed by atoms with van der Waals surface area (Å²) in [6.45, 7) is 0. The molecular formula is C13H19NO2S. The molecule has 0 saturated carbocycles. The van der Waals surface area contributed by atoms with E-state index in [1.54, 1.807) is 14.2 Å². The number of benzene rings is 1. The van der Waals surface area contributed by atoms with Gasteiger partial charge in [0.15, 0.2) is 0 Å². The van der Waals surface area contributed by atoms with Gasteiger partial charge in [0.2, 0.25) is 0 Å². The van der Waals surface area contributed by atoms with Crippen molar-refractivity contribution >= 4 is 11.8 Å². The van der Waals surface area contributed by atoms with Crippen molar-refractivity contribution in [3.63, 3.8) is 0 Å². The van der Waals surface area contributed by atoms with Crippen molar-refractivity contribution < 1.29 is 9.47 Å². The molecule has 2 unspecified atom stereocenters. The summed E-state index contributed by atoms with van der Waals surface area (Å²) in [7, 11) is 3.33. The molecule has 2 N–H and O–H groups in total. The standard InChI is InChI=1S/C13H19NO2S/c1-15-10-3-4-11(12(7-10)16-2)13(14)9-5-6-17-8-9/h3-4,7,9,13H,5-6,8,14H2,1-2H3. The molecule has 0 spiro atoms. The lowest BCUT2D eigenvalue weighted by molar-refractivity contribution is 0.380. The predicted octanol–water partition coefficient (Wildman–Crippen LogP) is 2.46. The molecule has 2 atom stereocenters. The van der Waals surface area contributed by atoms with E-state index in [4.69, 9.17) is 15.2 Å². The molecule has 0 radical (unpaired) electrons. The molecule has 0 aromatic heterocycles. The molecule has 1 fully saturated rings. The Bertz CT molecular complexity index is 378. The highest BCUT2D eigenvalue weighted by molar-refractivity contribution is 7.99. The van der Waals surface area contributed by atoms with Crippen LogP contribution in [0.4, 0.5) is 0 Å². The highest BCUT2D eigenvalue weighted by Gasteiger charge is 2.25. The van der Waals surface area contributed by atoms with Crippen molar-refractivity contribution in [1.82, 2.24) is 0 Å². The van der Waals surface area contributed by atoms with Crippen LogP contribution in [-0.2, 0) is 0 Å². The van der Waals surface area contributed by atoms with Gasteiger partial charge in [0, 0.05) is 17.7 Å². The third-order valence-electron chi connectivity index (χ3n) is 3.27. The van der Waals surface area contributed by atoms with Crippen molar-refractivity contribution in [3.8, 4) is 11.5 Å². The van der Waals surface area contributed by atoms with Gasteiger partial charge in [0.25, 0.3) is 0 Å². The van der Waals surface area contributed by atoms with E-state index in [0.29, 0.717) is 5.92 Å². The van der Waals surface area contributed by atoms with Gasteiger partial charge in [0.05, 0.1) is 14.2 Å². The van der Waals surface area contributed by atoms with E-state index in [0.717, 1.165) is 22.8 Å². The minimum absolute atomic E-state index is 0.0610. The quantitative estimate of drug-likeness (QED) is 0.895. The summed E-state index contributed by atoms with van der Waals surface area (Å²) in [4.78, 5) is 0. The molecule has 2 rings (SSSR count). The molecule has 0 aliphatic carbocycles. The zero-order valence-corrected chi connectivity index (χ0v) is 11.1. The zero-order chi connectivity index (χ0) is 12.3. The Kier molecular flexibility index (Phi) is 4.18. The van der Waals surface area contributed by atoms with E-state index in [-0.39, 0.29) is 6.04 Å². The molecule has 1 heterocycles. The summed E-state index contributed by atoms with van der Waals surface area (Å²) in [6, 6.07) is 5.92. The van der Waals surface area contributed by atoms with Gasteiger partial charge in [-0.15, -0.1) is 0 Å². The van der Waals surface area contributed by atoms with Crippen LogP contribution in [0.15, 0.2) is 18.2 Å².